The molecule has 0 amide bonds. The van der Waals surface area contributed by atoms with Crippen LogP contribution < -0.4 is 0 Å². The number of allylic oxidation sites excluding steroid dienone is 4. The Bertz CT molecular complexity index is 1070. The molecule has 0 aromatic rings. The van der Waals surface area contributed by atoms with E-state index in [1.165, 1.54) is 83.5 Å². The number of hydrogen-bond acceptors (Lipinski definition) is 11. The molecule has 55 heavy (non-hydrogen) atoms. The number of ether oxygens (including phenoxy) is 4. The molecule has 6 unspecified atom stereocenters. The Hall–Kier alpha value is -1.42. The summed E-state index contributed by atoms with van der Waals surface area (Å²) in [6.45, 7) is 3.93. The molecular weight excluding hydrogens is 729 g/mol. The molecule has 1 heterocycles. The van der Waals surface area contributed by atoms with Crippen LogP contribution in [0.1, 0.15) is 174 Å². The summed E-state index contributed by atoms with van der Waals surface area (Å²) in [6, 6.07) is 0. The zero-order valence-corrected chi connectivity index (χ0v) is 35.1. The Kier molecular flexibility index (Phi) is 32.5. The van der Waals surface area contributed by atoms with E-state index >= 15 is 0 Å². The summed E-state index contributed by atoms with van der Waals surface area (Å²) in [5.41, 5.74) is 0. The van der Waals surface area contributed by atoms with Crippen LogP contribution in [-0.2, 0) is 38.3 Å². The molecular formula is C42H78O12S. The maximum Gasteiger partial charge on any atom is 0.397 e. The van der Waals surface area contributed by atoms with E-state index in [2.05, 4.69) is 42.3 Å². The van der Waals surface area contributed by atoms with Gasteiger partial charge in [0.15, 0.2) is 6.29 Å². The maximum atomic E-state index is 12.8. The summed E-state index contributed by atoms with van der Waals surface area (Å²) < 4.78 is 58.9. The predicted molar refractivity (Wildman–Crippen MR) is 216 cm³/mol. The number of carbonyl (C=O) groups is 1. The zero-order chi connectivity index (χ0) is 40.4. The second kappa shape index (κ2) is 34.6. The van der Waals surface area contributed by atoms with Gasteiger partial charge in [-0.3, -0.25) is 9.35 Å². The smallest absolute Gasteiger partial charge is 0.397 e. The quantitative estimate of drug-likeness (QED) is 0.0204. The van der Waals surface area contributed by atoms with E-state index in [-0.39, 0.29) is 19.6 Å². The number of esters is 1. The Morgan fingerprint density at radius 2 is 1.22 bits per heavy atom. The second-order valence-electron chi connectivity index (χ2n) is 14.9. The van der Waals surface area contributed by atoms with Crippen molar-refractivity contribution in [3.05, 3.63) is 24.3 Å². The molecule has 1 fully saturated rings. The first-order chi connectivity index (χ1) is 26.6. The van der Waals surface area contributed by atoms with Crippen molar-refractivity contribution >= 4 is 16.4 Å². The number of aliphatic hydroxyl groups excluding tert-OH is 3. The van der Waals surface area contributed by atoms with Crippen molar-refractivity contribution in [2.45, 2.75) is 211 Å². The second-order valence-corrected chi connectivity index (χ2v) is 16.0. The average Bonchev–Trinajstić information content (AvgIpc) is 3.15. The minimum absolute atomic E-state index is 0.0338. The highest BCUT2D eigenvalue weighted by Crippen LogP contribution is 2.26. The molecule has 12 nitrogen and oxygen atoms in total. The number of hydrogen-bond donors (Lipinski definition) is 4. The Morgan fingerprint density at radius 1 is 0.691 bits per heavy atom. The fraction of sp³-hybridized carbons (Fsp3) is 0.881. The highest BCUT2D eigenvalue weighted by Gasteiger charge is 2.48. The molecule has 4 N–H and O–H groups in total. The Labute approximate surface area is 333 Å². The van der Waals surface area contributed by atoms with E-state index in [4.69, 9.17) is 23.5 Å². The predicted octanol–water partition coefficient (Wildman–Crippen LogP) is 8.46. The van der Waals surface area contributed by atoms with Crippen molar-refractivity contribution in [3.8, 4) is 0 Å². The van der Waals surface area contributed by atoms with E-state index in [1.54, 1.807) is 0 Å². The normalized spacial score (nSPS) is 21.2. The van der Waals surface area contributed by atoms with Gasteiger partial charge in [0.1, 0.15) is 30.5 Å². The third-order valence-corrected chi connectivity index (χ3v) is 10.3. The van der Waals surface area contributed by atoms with E-state index < -0.39 is 59.8 Å². The molecule has 324 valence electrons. The van der Waals surface area contributed by atoms with Gasteiger partial charge in [-0.2, -0.15) is 8.42 Å². The zero-order valence-electron chi connectivity index (χ0n) is 34.2. The molecule has 0 radical (unpaired) electrons. The molecule has 0 aromatic heterocycles. The third kappa shape index (κ3) is 28.6. The fourth-order valence-electron chi connectivity index (χ4n) is 6.51. The fourth-order valence-corrected chi connectivity index (χ4v) is 7.02. The molecule has 0 aromatic carbocycles. The Morgan fingerprint density at radius 3 is 1.78 bits per heavy atom. The largest absolute Gasteiger partial charge is 0.457 e. The van der Waals surface area contributed by atoms with Crippen molar-refractivity contribution in [1.82, 2.24) is 0 Å². The molecule has 6 atom stereocenters. The van der Waals surface area contributed by atoms with Gasteiger partial charge in [0.25, 0.3) is 0 Å². The van der Waals surface area contributed by atoms with Crippen molar-refractivity contribution in [3.63, 3.8) is 0 Å². The average molecular weight is 807 g/mol. The van der Waals surface area contributed by atoms with Crippen LogP contribution in [0, 0.1) is 0 Å². The maximum absolute atomic E-state index is 12.8. The number of rotatable bonds is 37. The number of carbonyl (C=O) groups excluding carboxylic acids is 1. The first-order valence-electron chi connectivity index (χ1n) is 21.6. The number of unbranched alkanes of at least 4 members (excludes halogenated alkanes) is 20. The monoisotopic (exact) mass is 807 g/mol. The first-order valence-corrected chi connectivity index (χ1v) is 23.0. The van der Waals surface area contributed by atoms with Crippen LogP contribution in [-0.4, -0.2) is 97.5 Å². The first kappa shape index (κ1) is 51.6. The molecule has 1 aliphatic heterocycles. The van der Waals surface area contributed by atoms with Crippen LogP contribution in [0.25, 0.3) is 0 Å². The van der Waals surface area contributed by atoms with Crippen molar-refractivity contribution in [2.24, 2.45) is 0 Å². The summed E-state index contributed by atoms with van der Waals surface area (Å²) in [5.74, 6) is -0.412. The highest BCUT2D eigenvalue weighted by molar-refractivity contribution is 7.80. The van der Waals surface area contributed by atoms with Gasteiger partial charge in [0.2, 0.25) is 0 Å². The van der Waals surface area contributed by atoms with E-state index in [1.807, 2.05) is 0 Å². The lowest BCUT2D eigenvalue weighted by molar-refractivity contribution is -0.301. The number of aliphatic hydroxyl groups is 3. The molecule has 0 saturated carbocycles. The van der Waals surface area contributed by atoms with Gasteiger partial charge in [-0.25, -0.2) is 4.18 Å². The third-order valence-electron chi connectivity index (χ3n) is 9.83. The SMILES string of the molecule is CCCC/C=C\C/C=C\CCCCCCCC(=O)OC(COCCCCCCCCCCCCCCCC)COC1OC(CO)C(O)C(OS(=O)(=O)O)C1O. The van der Waals surface area contributed by atoms with E-state index in [0.717, 1.165) is 64.2 Å². The minimum atomic E-state index is -5.06. The van der Waals surface area contributed by atoms with Gasteiger partial charge in [-0.05, 0) is 38.5 Å². The van der Waals surface area contributed by atoms with Crippen LogP contribution in [0.15, 0.2) is 24.3 Å². The minimum Gasteiger partial charge on any atom is -0.457 e. The molecule has 1 rings (SSSR count). The molecule has 1 saturated heterocycles. The summed E-state index contributed by atoms with van der Waals surface area (Å²) in [6.07, 6.45) is 27.8. The van der Waals surface area contributed by atoms with Crippen molar-refractivity contribution in [1.29, 1.82) is 0 Å². The van der Waals surface area contributed by atoms with Crippen LogP contribution in [0.5, 0.6) is 0 Å². The van der Waals surface area contributed by atoms with Gasteiger partial charge < -0.3 is 34.3 Å². The molecule has 13 heteroatoms. The molecule has 0 bridgehead atoms. The lowest BCUT2D eigenvalue weighted by Gasteiger charge is -2.41. The van der Waals surface area contributed by atoms with Gasteiger partial charge in [0, 0.05) is 13.0 Å². The van der Waals surface area contributed by atoms with E-state index in [9.17, 15) is 28.5 Å². The van der Waals surface area contributed by atoms with Crippen molar-refractivity contribution in [2.75, 3.05) is 26.4 Å². The van der Waals surface area contributed by atoms with Crippen molar-refractivity contribution < 1.29 is 56.2 Å². The summed E-state index contributed by atoms with van der Waals surface area (Å²) in [5, 5.41) is 30.6. The van der Waals surface area contributed by atoms with Crippen LogP contribution in [0.2, 0.25) is 0 Å². The lowest BCUT2D eigenvalue weighted by atomic mass is 9.99. The van der Waals surface area contributed by atoms with Crippen LogP contribution >= 0.6 is 0 Å². The standard InChI is InChI=1S/C42H78O12S/c1-3-5-7-9-11-13-15-17-19-21-23-25-27-29-31-38(44)52-36(34-50-32-30-28-26-24-22-20-18-16-14-12-10-8-6-4-2)35-51-42-40(46)41(54-55(47,48)49)39(45)37(33-43)53-42/h9,11,15,17,36-37,39-43,45-46H,3-8,10,12-14,16,18-35H2,1-2H3,(H,47,48,49)/b11-9-,17-15-. The molecule has 0 spiro atoms. The van der Waals surface area contributed by atoms with Gasteiger partial charge in [-0.1, -0.05) is 154 Å². The highest BCUT2D eigenvalue weighted by atomic mass is 32.3. The van der Waals surface area contributed by atoms with Gasteiger partial charge in [0.05, 0.1) is 19.8 Å². The summed E-state index contributed by atoms with van der Waals surface area (Å²) in [7, 11) is -5.06. The van der Waals surface area contributed by atoms with Gasteiger partial charge in [-0.15, -0.1) is 0 Å². The van der Waals surface area contributed by atoms with E-state index in [0.29, 0.717) is 13.0 Å². The summed E-state index contributed by atoms with van der Waals surface area (Å²) >= 11 is 0. The van der Waals surface area contributed by atoms with Crippen LogP contribution in [0.4, 0.5) is 0 Å². The topological polar surface area (TPSA) is 178 Å². The summed E-state index contributed by atoms with van der Waals surface area (Å²) in [4.78, 5) is 12.8. The Balaban J connectivity index is 2.46. The lowest BCUT2D eigenvalue weighted by Crippen LogP contribution is -2.60. The van der Waals surface area contributed by atoms with Crippen LogP contribution in [0.3, 0.4) is 0 Å². The van der Waals surface area contributed by atoms with Gasteiger partial charge >= 0.3 is 16.4 Å². The molecule has 1 aliphatic rings. The molecule has 0 aliphatic carbocycles.